The average molecular weight is 62.7 g/mol. The maximum absolute atomic E-state index is 4.79. The summed E-state index contributed by atoms with van der Waals surface area (Å²) in [5.74, 6) is 0. The fourth-order valence-electron chi connectivity index (χ4n) is 0.0556. The van der Waals surface area contributed by atoms with Crippen LogP contribution in [0.4, 0.5) is 0 Å². The molecular weight excluding hydrogens is 59.7 g/mol. The molecule has 0 rings (SSSR count). The van der Waals surface area contributed by atoms with E-state index in [9.17, 15) is 0 Å². The van der Waals surface area contributed by atoms with E-state index in [2.05, 4.69) is 5.32 Å². The molecule has 0 unspecified atom stereocenters. The third kappa shape index (κ3) is 3.67. The van der Waals surface area contributed by atoms with E-state index in [-0.39, 0.29) is 0 Å². The van der Waals surface area contributed by atoms with Crippen LogP contribution in [0.1, 0.15) is 0 Å². The molecule has 0 spiro atoms. The number of hydrogen-bond donors (Lipinski definition) is 1. The Hall–Kier alpha value is -0.330. The summed E-state index contributed by atoms with van der Waals surface area (Å²) in [6.07, 6.45) is 2.50. The van der Waals surface area contributed by atoms with E-state index < -0.39 is 0 Å². The van der Waals surface area contributed by atoms with Crippen molar-refractivity contribution in [3.05, 3.63) is 0 Å². The van der Waals surface area contributed by atoms with E-state index in [1.165, 1.54) is 12.2 Å². The Bertz CT molecular complexity index is 36.9. The molecule has 3 heteroatoms. The molecule has 0 amide bonds. The molecule has 0 bridgehead atoms. The van der Waals surface area contributed by atoms with Crippen LogP contribution in [0.5, 0.6) is 0 Å². The van der Waals surface area contributed by atoms with E-state index >= 15 is 0 Å². The second-order valence-electron chi connectivity index (χ2n) is 0.500. The molecule has 1 N–H and O–H groups in total. The average Bonchev–Trinajstić information content (AvgIpc) is 1.41. The van der Waals surface area contributed by atoms with E-state index in [0.717, 1.165) is 0 Å². The molecule has 0 saturated heterocycles. The van der Waals surface area contributed by atoms with Gasteiger partial charge < -0.3 is 0 Å². The molecule has 0 aliphatic carbocycles. The summed E-state index contributed by atoms with van der Waals surface area (Å²) in [4.78, 5) is 0. The van der Waals surface area contributed by atoms with Crippen LogP contribution in [0.25, 0.3) is 0 Å². The summed E-state index contributed by atoms with van der Waals surface area (Å²) in [5.41, 5.74) is 0. The van der Waals surface area contributed by atoms with Gasteiger partial charge in [-0.1, -0.05) is 0 Å². The predicted molar refractivity (Wildman–Crippen MR) is 26.8 cm³/mol. The SMILES string of the molecule is [B]=CNC=[B]. The van der Waals surface area contributed by atoms with Crippen molar-refractivity contribution in [3.8, 4) is 0 Å². The van der Waals surface area contributed by atoms with E-state index in [1.54, 1.807) is 0 Å². The zero-order valence-corrected chi connectivity index (χ0v) is 2.81. The summed E-state index contributed by atoms with van der Waals surface area (Å²) in [5, 5.41) is 2.42. The first-order chi connectivity index (χ1) is 2.41. The number of nitrogens with one attached hydrogen (secondary N) is 1. The van der Waals surface area contributed by atoms with Gasteiger partial charge in [-0.15, -0.1) is 0 Å². The molecule has 2 radical (unpaired) electrons. The van der Waals surface area contributed by atoms with E-state index in [1.807, 2.05) is 0 Å². The normalized spacial score (nSPS) is 5.20. The summed E-state index contributed by atoms with van der Waals surface area (Å²) < 4.78 is 0. The molecule has 0 aromatic carbocycles. The van der Waals surface area contributed by atoms with Gasteiger partial charge in [0.1, 0.15) is 0 Å². The molecule has 0 aromatic heterocycles. The van der Waals surface area contributed by atoms with Gasteiger partial charge in [0.25, 0.3) is 0 Å². The molecule has 0 saturated carbocycles. The number of rotatable bonds is 2. The Balaban J connectivity index is 2.65. The van der Waals surface area contributed by atoms with Gasteiger partial charge in [-0.05, 0) is 0 Å². The van der Waals surface area contributed by atoms with Gasteiger partial charge in [-0.2, -0.15) is 0 Å². The summed E-state index contributed by atoms with van der Waals surface area (Å²) in [6, 6.07) is 0. The fraction of sp³-hybridized carbons (Fsp3) is 0. The fourth-order valence-corrected chi connectivity index (χ4v) is 0.0556. The first kappa shape index (κ1) is 4.67. The van der Waals surface area contributed by atoms with Crippen molar-refractivity contribution in [2.75, 3.05) is 0 Å². The Labute approximate surface area is 33.5 Å². The van der Waals surface area contributed by atoms with Crippen molar-refractivity contribution < 1.29 is 0 Å². The van der Waals surface area contributed by atoms with Crippen molar-refractivity contribution in [1.82, 2.24) is 5.32 Å². The number of hydrogen-bond acceptors (Lipinski definition) is 1. The molecule has 0 aliphatic heterocycles. The van der Waals surface area contributed by atoms with Crippen molar-refractivity contribution in [3.63, 3.8) is 0 Å². The van der Waals surface area contributed by atoms with Crippen LogP contribution >= 0.6 is 0 Å². The zero-order valence-electron chi connectivity index (χ0n) is 2.81. The summed E-state index contributed by atoms with van der Waals surface area (Å²) in [6.45, 7) is 0. The Morgan fingerprint density at radius 3 is 1.60 bits per heavy atom. The van der Waals surface area contributed by atoms with E-state index in [4.69, 9.17) is 15.0 Å². The van der Waals surface area contributed by atoms with Gasteiger partial charge in [-0.3, -0.25) is 0 Å². The Morgan fingerprint density at radius 2 is 1.60 bits per heavy atom. The quantitative estimate of drug-likeness (QED) is 0.382. The van der Waals surface area contributed by atoms with Crippen molar-refractivity contribution in [2.24, 2.45) is 0 Å². The van der Waals surface area contributed by atoms with Crippen LogP contribution in [0.2, 0.25) is 0 Å². The molecule has 0 fully saturated rings. The summed E-state index contributed by atoms with van der Waals surface area (Å²) in [7, 11) is 9.58. The van der Waals surface area contributed by atoms with Crippen LogP contribution in [0.15, 0.2) is 0 Å². The molecular formula is C2H3B2N. The summed E-state index contributed by atoms with van der Waals surface area (Å²) >= 11 is 0. The van der Waals surface area contributed by atoms with Gasteiger partial charge in [0, 0.05) is 0 Å². The molecule has 0 heterocycles. The topological polar surface area (TPSA) is 12.0 Å². The monoisotopic (exact) mass is 63.0 g/mol. The van der Waals surface area contributed by atoms with Crippen LogP contribution in [-0.2, 0) is 0 Å². The van der Waals surface area contributed by atoms with Crippen LogP contribution in [0, 0.1) is 0 Å². The van der Waals surface area contributed by atoms with Crippen molar-refractivity contribution in [1.29, 1.82) is 0 Å². The van der Waals surface area contributed by atoms with Gasteiger partial charge in [0.2, 0.25) is 0 Å². The van der Waals surface area contributed by atoms with Gasteiger partial charge in [-0.25, -0.2) is 0 Å². The van der Waals surface area contributed by atoms with Gasteiger partial charge in [0.05, 0.1) is 0 Å². The van der Waals surface area contributed by atoms with Crippen LogP contribution in [-0.4, -0.2) is 27.2 Å². The van der Waals surface area contributed by atoms with Crippen molar-refractivity contribution >= 4 is 27.2 Å². The molecule has 0 atom stereocenters. The Kier molecular flexibility index (Phi) is 3.43. The standard InChI is InChI=1S/C2H3B2N/c3-1-5-2-4/h1-2,5H. The molecule has 0 aromatic rings. The third-order valence-electron chi connectivity index (χ3n) is 0.192. The molecule has 1 nitrogen and oxygen atoms in total. The molecule has 22 valence electrons. The van der Waals surface area contributed by atoms with Gasteiger partial charge in [0.15, 0.2) is 0 Å². The first-order valence-electron chi connectivity index (χ1n) is 1.24. The zero-order chi connectivity index (χ0) is 4.12. The maximum atomic E-state index is 4.79. The second-order valence-corrected chi connectivity index (χ2v) is 0.500. The predicted octanol–water partition coefficient (Wildman–Crippen LogP) is -1.57. The van der Waals surface area contributed by atoms with E-state index in [0.29, 0.717) is 0 Å². The second kappa shape index (κ2) is 3.67. The first-order valence-corrected chi connectivity index (χ1v) is 1.24. The van der Waals surface area contributed by atoms with Crippen molar-refractivity contribution in [2.45, 2.75) is 0 Å². The minimum absolute atomic E-state index is 1.25. The van der Waals surface area contributed by atoms with Gasteiger partial charge >= 0.3 is 32.5 Å². The van der Waals surface area contributed by atoms with Crippen LogP contribution in [0.3, 0.4) is 0 Å². The minimum atomic E-state index is 1.25. The van der Waals surface area contributed by atoms with Crippen LogP contribution < -0.4 is 5.32 Å². The molecule has 5 heavy (non-hydrogen) atoms. The molecule has 0 aliphatic rings. The Morgan fingerprint density at radius 1 is 1.20 bits per heavy atom. The third-order valence-corrected chi connectivity index (χ3v) is 0.192.